The number of hydrogen-bond donors (Lipinski definition) is 3. The molecule has 0 spiro atoms. The van der Waals surface area contributed by atoms with Gasteiger partial charge in [-0.3, -0.25) is 9.78 Å². The summed E-state index contributed by atoms with van der Waals surface area (Å²) in [6, 6.07) is 3.13. The number of aromatic nitrogens is 1. The molecule has 1 aliphatic heterocycles. The second-order valence-electron chi connectivity index (χ2n) is 5.45. The molecule has 1 saturated heterocycles. The van der Waals surface area contributed by atoms with Crippen molar-refractivity contribution in [3.63, 3.8) is 0 Å². The molecule has 6 nitrogen and oxygen atoms in total. The molecule has 3 atom stereocenters. The van der Waals surface area contributed by atoms with Crippen molar-refractivity contribution in [2.75, 3.05) is 0 Å². The summed E-state index contributed by atoms with van der Waals surface area (Å²) >= 11 is 0.950. The minimum absolute atomic E-state index is 0.0412. The fourth-order valence-electron chi connectivity index (χ4n) is 2.75. The Morgan fingerprint density at radius 3 is 2.64 bits per heavy atom. The highest BCUT2D eigenvalue weighted by Crippen LogP contribution is 2.44. The van der Waals surface area contributed by atoms with Gasteiger partial charge in [0.2, 0.25) is 5.72 Å². The number of amides is 2. The Hall–Kier alpha value is -2.46. The molecule has 3 heterocycles. The average molecular weight is 371 g/mol. The van der Waals surface area contributed by atoms with Crippen LogP contribution in [0.2, 0.25) is 0 Å². The molecule has 1 fully saturated rings. The Morgan fingerprint density at radius 2 is 2.08 bits per heavy atom. The van der Waals surface area contributed by atoms with Crippen LogP contribution >= 0.6 is 11.3 Å². The Kier molecular flexibility index (Phi) is 4.25. The number of halogens is 3. The summed E-state index contributed by atoms with van der Waals surface area (Å²) in [5, 5.41) is 15.6. The lowest BCUT2D eigenvalue weighted by atomic mass is 9.79. The van der Waals surface area contributed by atoms with Crippen molar-refractivity contribution in [3.8, 4) is 0 Å². The lowest BCUT2D eigenvalue weighted by molar-refractivity contribution is -0.287. The third-order valence-electron chi connectivity index (χ3n) is 3.90. The number of carbonyl (C=O) groups excluding carboxylic acids is 2. The Morgan fingerprint density at radius 1 is 1.32 bits per heavy atom. The van der Waals surface area contributed by atoms with Gasteiger partial charge in [0.05, 0.1) is 10.9 Å². The molecule has 132 valence electrons. The Bertz CT molecular complexity index is 782. The van der Waals surface area contributed by atoms with E-state index in [2.05, 4.69) is 10.3 Å². The predicted molar refractivity (Wildman–Crippen MR) is 81.8 cm³/mol. The van der Waals surface area contributed by atoms with E-state index in [-0.39, 0.29) is 10.4 Å². The number of alkyl halides is 3. The van der Waals surface area contributed by atoms with E-state index in [4.69, 9.17) is 0 Å². The van der Waals surface area contributed by atoms with E-state index in [1.807, 2.05) is 0 Å². The van der Waals surface area contributed by atoms with E-state index in [9.17, 15) is 27.9 Å². The van der Waals surface area contributed by atoms with Gasteiger partial charge in [-0.25, -0.2) is 4.79 Å². The third kappa shape index (κ3) is 2.98. The summed E-state index contributed by atoms with van der Waals surface area (Å²) in [5.74, 6) is -2.95. The summed E-state index contributed by atoms with van der Waals surface area (Å²) in [4.78, 5) is 28.4. The first-order valence-corrected chi connectivity index (χ1v) is 7.97. The van der Waals surface area contributed by atoms with Gasteiger partial charge in [-0.15, -0.1) is 11.3 Å². The highest BCUT2D eigenvalue weighted by atomic mass is 32.1. The van der Waals surface area contributed by atoms with Crippen LogP contribution in [-0.4, -0.2) is 33.8 Å². The van der Waals surface area contributed by atoms with Gasteiger partial charge in [-0.05, 0) is 23.1 Å². The molecule has 3 rings (SSSR count). The number of hydrogen-bond acceptors (Lipinski definition) is 5. The number of nitrogens with zero attached hydrogens (tertiary/aromatic N) is 1. The number of rotatable bonds is 3. The van der Waals surface area contributed by atoms with Gasteiger partial charge >= 0.3 is 12.2 Å². The first-order valence-electron chi connectivity index (χ1n) is 7.09. The summed E-state index contributed by atoms with van der Waals surface area (Å²) in [6.45, 7) is 0. The number of aliphatic hydroxyl groups is 1. The smallest absolute Gasteiger partial charge is 0.363 e. The summed E-state index contributed by atoms with van der Waals surface area (Å²) in [5.41, 5.74) is -3.54. The second kappa shape index (κ2) is 6.12. The number of pyridine rings is 1. The number of ketones is 1. The molecule has 0 bridgehead atoms. The zero-order valence-electron chi connectivity index (χ0n) is 12.4. The number of thiophene rings is 1. The summed E-state index contributed by atoms with van der Waals surface area (Å²) < 4.78 is 40.7. The van der Waals surface area contributed by atoms with E-state index in [0.717, 1.165) is 11.3 Å². The molecule has 10 heteroatoms. The molecular weight excluding hydrogens is 359 g/mol. The molecule has 2 aromatic heterocycles. The quantitative estimate of drug-likeness (QED) is 0.722. The normalized spacial score (nSPS) is 26.6. The zero-order valence-corrected chi connectivity index (χ0v) is 13.3. The van der Waals surface area contributed by atoms with E-state index in [1.165, 1.54) is 47.4 Å². The van der Waals surface area contributed by atoms with Crippen molar-refractivity contribution < 1.29 is 27.9 Å². The second-order valence-corrected chi connectivity index (χ2v) is 6.39. The van der Waals surface area contributed by atoms with Gasteiger partial charge in [0.15, 0.2) is 5.78 Å². The van der Waals surface area contributed by atoms with Gasteiger partial charge in [0.1, 0.15) is 5.92 Å². The van der Waals surface area contributed by atoms with Crippen LogP contribution in [-0.2, 0) is 0 Å². The monoisotopic (exact) mass is 371 g/mol. The lowest BCUT2D eigenvalue weighted by Crippen LogP contribution is -2.72. The van der Waals surface area contributed by atoms with Crippen molar-refractivity contribution in [2.45, 2.75) is 17.9 Å². The van der Waals surface area contributed by atoms with Gasteiger partial charge in [0.25, 0.3) is 0 Å². The van der Waals surface area contributed by atoms with Crippen LogP contribution in [0.3, 0.4) is 0 Å². The maximum atomic E-state index is 13.6. The molecule has 2 amide bonds. The molecule has 25 heavy (non-hydrogen) atoms. The fraction of sp³-hybridized carbons (Fsp3) is 0.267. The molecule has 1 aliphatic rings. The third-order valence-corrected chi connectivity index (χ3v) is 4.78. The van der Waals surface area contributed by atoms with Crippen molar-refractivity contribution in [2.24, 2.45) is 5.92 Å². The van der Waals surface area contributed by atoms with E-state index in [1.54, 1.807) is 0 Å². The largest absolute Gasteiger partial charge is 0.437 e. The minimum Gasteiger partial charge on any atom is -0.363 e. The number of Topliss-reactive ketones (excluding diaryl/α,β-unsaturated/α-hetero) is 1. The van der Waals surface area contributed by atoms with Crippen LogP contribution in [0.25, 0.3) is 0 Å². The molecule has 0 unspecified atom stereocenters. The van der Waals surface area contributed by atoms with Gasteiger partial charge in [-0.1, -0.05) is 12.1 Å². The van der Waals surface area contributed by atoms with Gasteiger partial charge in [-0.2, -0.15) is 13.2 Å². The van der Waals surface area contributed by atoms with Crippen molar-refractivity contribution in [1.29, 1.82) is 0 Å². The maximum absolute atomic E-state index is 13.6. The average Bonchev–Trinajstić information content (AvgIpc) is 3.08. The Labute approximate surface area is 143 Å². The summed E-state index contributed by atoms with van der Waals surface area (Å²) in [7, 11) is 0. The van der Waals surface area contributed by atoms with Gasteiger partial charge < -0.3 is 15.7 Å². The number of urea groups is 1. The van der Waals surface area contributed by atoms with E-state index < -0.39 is 35.7 Å². The van der Waals surface area contributed by atoms with Crippen LogP contribution in [0.5, 0.6) is 0 Å². The molecule has 2 aromatic rings. The molecule has 0 saturated carbocycles. The van der Waals surface area contributed by atoms with Crippen molar-refractivity contribution >= 4 is 23.2 Å². The topological polar surface area (TPSA) is 91.3 Å². The first-order chi connectivity index (χ1) is 11.7. The van der Waals surface area contributed by atoms with Crippen molar-refractivity contribution in [1.82, 2.24) is 15.6 Å². The highest BCUT2D eigenvalue weighted by Gasteiger charge is 2.66. The highest BCUT2D eigenvalue weighted by molar-refractivity contribution is 7.12. The molecular formula is C15H12F3N3O3S. The zero-order chi connectivity index (χ0) is 18.2. The Balaban J connectivity index is 2.15. The fourth-order valence-corrected chi connectivity index (χ4v) is 3.45. The molecule has 0 radical (unpaired) electrons. The van der Waals surface area contributed by atoms with E-state index >= 15 is 0 Å². The van der Waals surface area contributed by atoms with E-state index in [0.29, 0.717) is 0 Å². The van der Waals surface area contributed by atoms with Crippen molar-refractivity contribution in [3.05, 3.63) is 52.5 Å². The predicted octanol–water partition coefficient (Wildman–Crippen LogP) is 2.25. The van der Waals surface area contributed by atoms with Crippen LogP contribution in [0, 0.1) is 5.92 Å². The van der Waals surface area contributed by atoms with Crippen LogP contribution in [0.1, 0.15) is 21.3 Å². The molecule has 0 aliphatic carbocycles. The summed E-state index contributed by atoms with van der Waals surface area (Å²) in [6.07, 6.45) is -2.62. The molecule has 0 aromatic carbocycles. The SMILES string of the molecule is O=C1N[C@H](c2cccnc2)[C@H](C(=O)c2cccs2)[C@](O)(C(F)(F)F)N1. The maximum Gasteiger partial charge on any atom is 0.437 e. The number of carbonyl (C=O) groups is 2. The van der Waals surface area contributed by atoms with Gasteiger partial charge in [0, 0.05) is 12.4 Å². The molecule has 3 N–H and O–H groups in total. The van der Waals surface area contributed by atoms with Crippen LogP contribution < -0.4 is 10.6 Å². The minimum atomic E-state index is -5.26. The van der Waals surface area contributed by atoms with Crippen LogP contribution in [0.15, 0.2) is 42.0 Å². The number of nitrogens with one attached hydrogen (secondary N) is 2. The standard InChI is InChI=1S/C15H12F3N3O3S/c16-15(17,18)14(24)10(12(22)9-4-2-6-25-9)11(20-13(23)21-14)8-3-1-5-19-7-8/h1-7,10-11,24H,(H2,20,21,23)/t10-,11-,14+/m1/s1. The van der Waals surface area contributed by atoms with Crippen LogP contribution in [0.4, 0.5) is 18.0 Å². The lowest BCUT2D eigenvalue weighted by Gasteiger charge is -2.44. The first kappa shape index (κ1) is 17.4.